The third-order valence-corrected chi connectivity index (χ3v) is 2.99. The summed E-state index contributed by atoms with van der Waals surface area (Å²) >= 11 is 0. The van der Waals surface area contributed by atoms with Gasteiger partial charge in [-0.25, -0.2) is 0 Å². The van der Waals surface area contributed by atoms with E-state index in [1.807, 2.05) is 26.0 Å². The third-order valence-electron chi connectivity index (χ3n) is 2.99. The Labute approximate surface area is 114 Å². The molecule has 0 heterocycles. The molecular weight excluding hydrogens is 246 g/mol. The molecule has 108 valence electrons. The summed E-state index contributed by atoms with van der Waals surface area (Å²) in [5.41, 5.74) is 2.03. The molecule has 19 heavy (non-hydrogen) atoms. The first-order chi connectivity index (χ1) is 9.07. The highest BCUT2D eigenvalue weighted by molar-refractivity contribution is 5.60. The molecule has 0 fully saturated rings. The SMILES string of the molecule is COc1cc(C)c(NC(C)C(OC)OC)cc1OC. The van der Waals surface area contributed by atoms with E-state index >= 15 is 0 Å². The third kappa shape index (κ3) is 3.75. The molecule has 5 heteroatoms. The van der Waals surface area contributed by atoms with Crippen molar-refractivity contribution in [3.05, 3.63) is 17.7 Å². The van der Waals surface area contributed by atoms with Crippen LogP contribution in [0.5, 0.6) is 11.5 Å². The van der Waals surface area contributed by atoms with Gasteiger partial charge in [-0.1, -0.05) is 0 Å². The molecule has 5 nitrogen and oxygen atoms in total. The summed E-state index contributed by atoms with van der Waals surface area (Å²) in [6, 6.07) is 3.85. The Balaban J connectivity index is 2.95. The Kier molecular flexibility index (Phi) is 5.92. The maximum atomic E-state index is 5.30. The Morgan fingerprint density at radius 1 is 0.947 bits per heavy atom. The standard InChI is InChI=1S/C14H23NO4/c1-9-7-12(16-3)13(17-4)8-11(9)15-10(2)14(18-5)19-6/h7-8,10,14-15H,1-6H3. The van der Waals surface area contributed by atoms with Crippen LogP contribution in [0.15, 0.2) is 12.1 Å². The van der Waals surface area contributed by atoms with E-state index in [2.05, 4.69) is 5.32 Å². The Morgan fingerprint density at radius 2 is 1.47 bits per heavy atom. The maximum absolute atomic E-state index is 5.30. The van der Waals surface area contributed by atoms with Gasteiger partial charge in [-0.3, -0.25) is 0 Å². The topological polar surface area (TPSA) is 49.0 Å². The molecule has 1 aromatic rings. The lowest BCUT2D eigenvalue weighted by Gasteiger charge is -2.24. The lowest BCUT2D eigenvalue weighted by Crippen LogP contribution is -2.34. The van der Waals surface area contributed by atoms with Gasteiger partial charge in [0.1, 0.15) is 0 Å². The predicted molar refractivity (Wildman–Crippen MR) is 75.2 cm³/mol. The van der Waals surface area contributed by atoms with Crippen LogP contribution >= 0.6 is 0 Å². The molecule has 1 unspecified atom stereocenters. The summed E-state index contributed by atoms with van der Waals surface area (Å²) in [6.45, 7) is 4.00. The number of anilines is 1. The second-order valence-electron chi connectivity index (χ2n) is 4.29. The fraction of sp³-hybridized carbons (Fsp3) is 0.571. The van der Waals surface area contributed by atoms with Crippen molar-refractivity contribution in [1.29, 1.82) is 0 Å². The van der Waals surface area contributed by atoms with Gasteiger partial charge in [0.05, 0.1) is 20.3 Å². The van der Waals surface area contributed by atoms with Crippen LogP contribution in [-0.4, -0.2) is 40.8 Å². The monoisotopic (exact) mass is 269 g/mol. The van der Waals surface area contributed by atoms with Crippen molar-refractivity contribution in [1.82, 2.24) is 0 Å². The lowest BCUT2D eigenvalue weighted by atomic mass is 10.1. The molecule has 0 aromatic heterocycles. The van der Waals surface area contributed by atoms with Gasteiger partial charge in [0.2, 0.25) is 0 Å². The molecule has 0 aliphatic carbocycles. The number of aryl methyl sites for hydroxylation is 1. The number of rotatable bonds is 7. The normalized spacial score (nSPS) is 12.4. The number of methoxy groups -OCH3 is 4. The van der Waals surface area contributed by atoms with Crippen molar-refractivity contribution < 1.29 is 18.9 Å². The average Bonchev–Trinajstić information content (AvgIpc) is 2.41. The summed E-state index contributed by atoms with van der Waals surface area (Å²) in [7, 11) is 6.48. The van der Waals surface area contributed by atoms with Crippen LogP contribution in [-0.2, 0) is 9.47 Å². The Morgan fingerprint density at radius 3 is 1.95 bits per heavy atom. The molecule has 0 amide bonds. The molecule has 1 rings (SSSR count). The molecule has 0 saturated heterocycles. The van der Waals surface area contributed by atoms with Crippen molar-refractivity contribution in [2.24, 2.45) is 0 Å². The molecule has 0 saturated carbocycles. The molecule has 0 aliphatic rings. The zero-order chi connectivity index (χ0) is 14.4. The first-order valence-electron chi connectivity index (χ1n) is 6.12. The van der Waals surface area contributed by atoms with E-state index in [-0.39, 0.29) is 12.3 Å². The van der Waals surface area contributed by atoms with Gasteiger partial charge in [-0.05, 0) is 25.5 Å². The highest BCUT2D eigenvalue weighted by atomic mass is 16.7. The summed E-state index contributed by atoms with van der Waals surface area (Å²) in [5, 5.41) is 3.35. The van der Waals surface area contributed by atoms with Crippen LogP contribution < -0.4 is 14.8 Å². The Hall–Kier alpha value is -1.46. The number of hydrogen-bond donors (Lipinski definition) is 1. The second-order valence-corrected chi connectivity index (χ2v) is 4.29. The summed E-state index contributed by atoms with van der Waals surface area (Å²) in [6.07, 6.45) is -0.313. The smallest absolute Gasteiger partial charge is 0.176 e. The van der Waals surface area contributed by atoms with Gasteiger partial charge in [-0.15, -0.1) is 0 Å². The van der Waals surface area contributed by atoms with Crippen molar-refractivity contribution in [2.45, 2.75) is 26.2 Å². The molecule has 0 aliphatic heterocycles. The minimum Gasteiger partial charge on any atom is -0.493 e. The van der Waals surface area contributed by atoms with E-state index in [4.69, 9.17) is 18.9 Å². The number of hydrogen-bond acceptors (Lipinski definition) is 5. The number of nitrogens with one attached hydrogen (secondary N) is 1. The largest absolute Gasteiger partial charge is 0.493 e. The van der Waals surface area contributed by atoms with Crippen LogP contribution in [0.1, 0.15) is 12.5 Å². The first kappa shape index (κ1) is 15.6. The van der Waals surface area contributed by atoms with Crippen LogP contribution in [0, 0.1) is 6.92 Å². The molecular formula is C14H23NO4. The number of ether oxygens (including phenoxy) is 4. The van der Waals surface area contributed by atoms with Crippen molar-refractivity contribution in [2.75, 3.05) is 33.8 Å². The first-order valence-corrected chi connectivity index (χ1v) is 6.12. The van der Waals surface area contributed by atoms with Gasteiger partial charge >= 0.3 is 0 Å². The van der Waals surface area contributed by atoms with Crippen LogP contribution in [0.4, 0.5) is 5.69 Å². The minimum atomic E-state index is -0.313. The van der Waals surface area contributed by atoms with Gasteiger partial charge in [0.25, 0.3) is 0 Å². The highest BCUT2D eigenvalue weighted by Crippen LogP contribution is 2.33. The van der Waals surface area contributed by atoms with Gasteiger partial charge in [0.15, 0.2) is 17.8 Å². The van der Waals surface area contributed by atoms with Gasteiger partial charge in [-0.2, -0.15) is 0 Å². The molecule has 1 N–H and O–H groups in total. The molecule has 0 radical (unpaired) electrons. The van der Waals surface area contributed by atoms with E-state index in [1.54, 1.807) is 28.4 Å². The average molecular weight is 269 g/mol. The van der Waals surface area contributed by atoms with Gasteiger partial charge < -0.3 is 24.3 Å². The van der Waals surface area contributed by atoms with E-state index < -0.39 is 0 Å². The minimum absolute atomic E-state index is 0.00630. The maximum Gasteiger partial charge on any atom is 0.176 e. The van der Waals surface area contributed by atoms with Gasteiger partial charge in [0, 0.05) is 26.0 Å². The van der Waals surface area contributed by atoms with Crippen LogP contribution in [0.25, 0.3) is 0 Å². The molecule has 1 aromatic carbocycles. The zero-order valence-electron chi connectivity index (χ0n) is 12.4. The summed E-state index contributed by atoms with van der Waals surface area (Å²) in [5.74, 6) is 1.41. The fourth-order valence-corrected chi connectivity index (χ4v) is 1.95. The second kappa shape index (κ2) is 7.21. The molecule has 0 spiro atoms. The van der Waals surface area contributed by atoms with E-state index in [0.29, 0.717) is 11.5 Å². The van der Waals surface area contributed by atoms with E-state index in [1.165, 1.54) is 0 Å². The lowest BCUT2D eigenvalue weighted by molar-refractivity contribution is -0.109. The quantitative estimate of drug-likeness (QED) is 0.770. The van der Waals surface area contributed by atoms with Crippen LogP contribution in [0.3, 0.4) is 0 Å². The number of benzene rings is 1. The Bertz CT molecular complexity index is 405. The van der Waals surface area contributed by atoms with Crippen molar-refractivity contribution >= 4 is 5.69 Å². The molecule has 0 bridgehead atoms. The predicted octanol–water partition coefficient (Wildman–Crippen LogP) is 2.43. The summed E-state index contributed by atoms with van der Waals surface area (Å²) < 4.78 is 21.0. The van der Waals surface area contributed by atoms with E-state index in [0.717, 1.165) is 11.3 Å². The van der Waals surface area contributed by atoms with Crippen molar-refractivity contribution in [3.8, 4) is 11.5 Å². The van der Waals surface area contributed by atoms with Crippen molar-refractivity contribution in [3.63, 3.8) is 0 Å². The summed E-state index contributed by atoms with van der Waals surface area (Å²) in [4.78, 5) is 0. The highest BCUT2D eigenvalue weighted by Gasteiger charge is 2.17. The van der Waals surface area contributed by atoms with E-state index in [9.17, 15) is 0 Å². The zero-order valence-corrected chi connectivity index (χ0v) is 12.4. The van der Waals surface area contributed by atoms with Crippen LogP contribution in [0.2, 0.25) is 0 Å². The molecule has 1 atom stereocenters. The fourth-order valence-electron chi connectivity index (χ4n) is 1.95.